The number of carbonyl (C=O) groups is 1. The molecule has 4 rings (SSSR count). The minimum atomic E-state index is -0.109. The van der Waals surface area contributed by atoms with Gasteiger partial charge in [0.25, 0.3) is 5.56 Å². The number of para-hydroxylation sites is 1. The molecule has 1 fully saturated rings. The van der Waals surface area contributed by atoms with Crippen molar-refractivity contribution in [2.45, 2.75) is 44.3 Å². The monoisotopic (exact) mass is 407 g/mol. The van der Waals surface area contributed by atoms with E-state index in [0.717, 1.165) is 30.6 Å². The van der Waals surface area contributed by atoms with Gasteiger partial charge in [-0.15, -0.1) is 0 Å². The summed E-state index contributed by atoms with van der Waals surface area (Å²) >= 11 is 1.34. The molecule has 150 valence electrons. The lowest BCUT2D eigenvalue weighted by Gasteiger charge is -2.33. The molecule has 0 radical (unpaired) electrons. The van der Waals surface area contributed by atoms with E-state index in [4.69, 9.17) is 4.98 Å². The van der Waals surface area contributed by atoms with Crippen LogP contribution in [0.4, 0.5) is 0 Å². The van der Waals surface area contributed by atoms with Gasteiger partial charge in [-0.1, -0.05) is 36.0 Å². The quantitative estimate of drug-likeness (QED) is 0.481. The van der Waals surface area contributed by atoms with Gasteiger partial charge in [0.15, 0.2) is 5.16 Å². The van der Waals surface area contributed by atoms with Gasteiger partial charge < -0.3 is 4.90 Å². The number of likely N-dealkylation sites (tertiary alicyclic amines) is 1. The van der Waals surface area contributed by atoms with Crippen molar-refractivity contribution < 1.29 is 4.79 Å². The molecule has 0 bridgehead atoms. The molecule has 1 atom stereocenters. The van der Waals surface area contributed by atoms with Crippen LogP contribution in [0.3, 0.4) is 0 Å². The highest BCUT2D eigenvalue weighted by molar-refractivity contribution is 7.99. The Hall–Kier alpha value is -2.60. The fraction of sp³-hybridized carbons (Fsp3) is 0.348. The Morgan fingerprint density at radius 2 is 2.00 bits per heavy atom. The molecule has 1 aliphatic heterocycles. The number of fused-ring (bicyclic) bond motifs is 1. The van der Waals surface area contributed by atoms with Crippen LogP contribution < -0.4 is 5.56 Å². The predicted octanol–water partition coefficient (Wildman–Crippen LogP) is 4.19. The second-order valence-corrected chi connectivity index (χ2v) is 8.55. The summed E-state index contributed by atoms with van der Waals surface area (Å²) in [5, 5.41) is 1.13. The van der Waals surface area contributed by atoms with Crippen LogP contribution >= 0.6 is 11.8 Å². The summed E-state index contributed by atoms with van der Waals surface area (Å²) in [5.41, 5.74) is 2.39. The minimum Gasteiger partial charge on any atom is -0.339 e. The molecule has 1 saturated heterocycles. The summed E-state index contributed by atoms with van der Waals surface area (Å²) in [6.07, 6.45) is 3.29. The fourth-order valence-corrected chi connectivity index (χ4v) is 4.78. The maximum atomic E-state index is 13.3. The van der Waals surface area contributed by atoms with Crippen molar-refractivity contribution in [3.63, 3.8) is 0 Å². The second kappa shape index (κ2) is 8.41. The first-order chi connectivity index (χ1) is 14.0. The van der Waals surface area contributed by atoms with Crippen LogP contribution in [0.1, 0.15) is 31.7 Å². The van der Waals surface area contributed by atoms with E-state index in [0.29, 0.717) is 16.1 Å². The maximum absolute atomic E-state index is 13.3. The van der Waals surface area contributed by atoms with E-state index < -0.39 is 0 Å². The van der Waals surface area contributed by atoms with Gasteiger partial charge in [-0.25, -0.2) is 4.98 Å². The van der Waals surface area contributed by atoms with Crippen LogP contribution in [-0.4, -0.2) is 38.7 Å². The minimum absolute atomic E-state index is 0.109. The number of carbonyl (C=O) groups excluding carboxylic acids is 1. The molecule has 5 nitrogen and oxygen atoms in total. The summed E-state index contributed by atoms with van der Waals surface area (Å²) in [5.74, 6) is 0.390. The Kier molecular flexibility index (Phi) is 5.72. The average Bonchev–Trinajstić information content (AvgIpc) is 2.72. The molecule has 1 amide bonds. The molecule has 0 aliphatic carbocycles. The summed E-state index contributed by atoms with van der Waals surface area (Å²) in [6.45, 7) is 4.92. The first-order valence-electron chi connectivity index (χ1n) is 10.1. The molecule has 2 aromatic carbocycles. The number of hydrogen-bond donors (Lipinski definition) is 0. The van der Waals surface area contributed by atoms with Gasteiger partial charge in [0, 0.05) is 12.6 Å². The normalized spacial score (nSPS) is 16.9. The van der Waals surface area contributed by atoms with Crippen molar-refractivity contribution >= 4 is 28.6 Å². The molecule has 0 saturated carbocycles. The molecular formula is C23H25N3O2S. The third-order valence-corrected chi connectivity index (χ3v) is 6.38. The third-order valence-electron chi connectivity index (χ3n) is 5.45. The number of rotatable bonds is 4. The van der Waals surface area contributed by atoms with Gasteiger partial charge in [0.2, 0.25) is 5.91 Å². The number of aryl methyl sites for hydroxylation is 1. The number of piperidine rings is 1. The van der Waals surface area contributed by atoms with Crippen molar-refractivity contribution in [1.29, 1.82) is 0 Å². The van der Waals surface area contributed by atoms with Gasteiger partial charge in [0.05, 0.1) is 22.3 Å². The third kappa shape index (κ3) is 4.08. The lowest BCUT2D eigenvalue weighted by molar-refractivity contribution is -0.131. The average molecular weight is 408 g/mol. The summed E-state index contributed by atoms with van der Waals surface area (Å²) in [4.78, 5) is 32.8. The molecule has 1 aliphatic rings. The number of hydrogen-bond acceptors (Lipinski definition) is 4. The van der Waals surface area contributed by atoms with E-state index in [1.807, 2.05) is 54.3 Å². The first-order valence-corrected chi connectivity index (χ1v) is 11.0. The fourth-order valence-electron chi connectivity index (χ4n) is 3.88. The molecule has 2 heterocycles. The molecule has 29 heavy (non-hydrogen) atoms. The van der Waals surface area contributed by atoms with E-state index >= 15 is 0 Å². The zero-order valence-electron chi connectivity index (χ0n) is 16.8. The lowest BCUT2D eigenvalue weighted by Crippen LogP contribution is -2.43. The SMILES string of the molecule is Cc1cccc(-n2c(SCC(=O)N3CCCCC3C)nc3ccccc3c2=O)c1. The van der Waals surface area contributed by atoms with Crippen LogP contribution in [0.2, 0.25) is 0 Å². The van der Waals surface area contributed by atoms with Gasteiger partial charge in [0.1, 0.15) is 0 Å². The van der Waals surface area contributed by atoms with E-state index in [9.17, 15) is 9.59 Å². The smallest absolute Gasteiger partial charge is 0.266 e. The van der Waals surface area contributed by atoms with E-state index in [2.05, 4.69) is 6.92 Å². The molecule has 0 N–H and O–H groups in total. The molecule has 6 heteroatoms. The number of thioether (sulfide) groups is 1. The summed E-state index contributed by atoms with van der Waals surface area (Å²) in [6, 6.07) is 15.4. The predicted molar refractivity (Wildman–Crippen MR) is 118 cm³/mol. The molecule has 3 aromatic rings. The summed E-state index contributed by atoms with van der Waals surface area (Å²) < 4.78 is 1.63. The van der Waals surface area contributed by atoms with Crippen molar-refractivity contribution in [3.05, 3.63) is 64.4 Å². The Bertz CT molecular complexity index is 1110. The van der Waals surface area contributed by atoms with Gasteiger partial charge >= 0.3 is 0 Å². The lowest BCUT2D eigenvalue weighted by atomic mass is 10.0. The summed E-state index contributed by atoms with van der Waals surface area (Å²) in [7, 11) is 0. The number of amides is 1. The Balaban J connectivity index is 1.72. The topological polar surface area (TPSA) is 55.2 Å². The van der Waals surface area contributed by atoms with Crippen LogP contribution in [0.25, 0.3) is 16.6 Å². The molecule has 1 aromatic heterocycles. The van der Waals surface area contributed by atoms with Gasteiger partial charge in [-0.3, -0.25) is 14.2 Å². The maximum Gasteiger partial charge on any atom is 0.266 e. The van der Waals surface area contributed by atoms with Crippen molar-refractivity contribution in [1.82, 2.24) is 14.5 Å². The van der Waals surface area contributed by atoms with E-state index in [1.54, 1.807) is 10.6 Å². The van der Waals surface area contributed by atoms with Crippen LogP contribution in [0.5, 0.6) is 0 Å². The number of nitrogens with zero attached hydrogens (tertiary/aromatic N) is 3. The Labute approximate surface area is 174 Å². The van der Waals surface area contributed by atoms with Gasteiger partial charge in [-0.2, -0.15) is 0 Å². The largest absolute Gasteiger partial charge is 0.339 e. The van der Waals surface area contributed by atoms with Crippen LogP contribution in [0, 0.1) is 6.92 Å². The van der Waals surface area contributed by atoms with E-state index in [1.165, 1.54) is 18.2 Å². The van der Waals surface area contributed by atoms with Crippen molar-refractivity contribution in [2.75, 3.05) is 12.3 Å². The van der Waals surface area contributed by atoms with Crippen LogP contribution in [0.15, 0.2) is 58.5 Å². The molecular weight excluding hydrogens is 382 g/mol. The number of aromatic nitrogens is 2. The van der Waals surface area contributed by atoms with Crippen molar-refractivity contribution in [3.8, 4) is 5.69 Å². The van der Waals surface area contributed by atoms with Crippen LogP contribution in [-0.2, 0) is 4.79 Å². The second-order valence-electron chi connectivity index (χ2n) is 7.61. The molecule has 0 spiro atoms. The highest BCUT2D eigenvalue weighted by Crippen LogP contribution is 2.24. The molecule has 1 unspecified atom stereocenters. The first kappa shape index (κ1) is 19.7. The van der Waals surface area contributed by atoms with Gasteiger partial charge in [-0.05, 0) is 62.9 Å². The highest BCUT2D eigenvalue weighted by atomic mass is 32.2. The zero-order chi connectivity index (χ0) is 20.4. The standard InChI is InChI=1S/C23H25N3O2S/c1-16-8-7-10-18(14-16)26-22(28)19-11-3-4-12-20(19)24-23(26)29-15-21(27)25-13-6-5-9-17(25)2/h3-4,7-8,10-12,14,17H,5-6,9,13,15H2,1-2H3. The number of benzene rings is 2. The van der Waals surface area contributed by atoms with E-state index in [-0.39, 0.29) is 23.3 Å². The van der Waals surface area contributed by atoms with Crippen molar-refractivity contribution in [2.24, 2.45) is 0 Å². The highest BCUT2D eigenvalue weighted by Gasteiger charge is 2.24. The Morgan fingerprint density at radius 1 is 1.17 bits per heavy atom. The Morgan fingerprint density at radius 3 is 2.79 bits per heavy atom. The zero-order valence-corrected chi connectivity index (χ0v) is 17.6.